The minimum Gasteiger partial charge on any atom is -0.206 e. The highest BCUT2D eigenvalue weighted by Gasteiger charge is 2.27. The predicted octanol–water partition coefficient (Wildman–Crippen LogP) is 5.60. The second-order valence-corrected chi connectivity index (χ2v) is 5.25. The molecule has 0 aliphatic heterocycles. The fraction of sp³-hybridized carbons (Fsp3) is 0.500. The maximum Gasteiger partial charge on any atom is 0.301 e. The lowest BCUT2D eigenvalue weighted by Gasteiger charge is -2.27. The Bertz CT molecular complexity index is 436. The first-order valence-corrected chi connectivity index (χ1v) is 6.91. The Morgan fingerprint density at radius 1 is 1.00 bits per heavy atom. The summed E-state index contributed by atoms with van der Waals surface area (Å²) in [6, 6.07) is 8.46. The summed E-state index contributed by atoms with van der Waals surface area (Å²) < 4.78 is 37.6. The lowest BCUT2D eigenvalue weighted by molar-refractivity contribution is 0.281. The van der Waals surface area contributed by atoms with Crippen molar-refractivity contribution in [2.45, 2.75) is 44.9 Å². The molecule has 0 spiro atoms. The summed E-state index contributed by atoms with van der Waals surface area (Å²) in [5.41, 5.74) is 2.55. The largest absolute Gasteiger partial charge is 0.301 e. The van der Waals surface area contributed by atoms with Crippen LogP contribution in [0.5, 0.6) is 0 Å². The Morgan fingerprint density at radius 2 is 1.58 bits per heavy atom. The average molecular weight is 268 g/mol. The van der Waals surface area contributed by atoms with Crippen LogP contribution in [0.3, 0.4) is 0 Å². The third-order valence-electron chi connectivity index (χ3n) is 4.13. The second-order valence-electron chi connectivity index (χ2n) is 5.25. The van der Waals surface area contributed by atoms with E-state index < -0.39 is 17.8 Å². The molecule has 0 atom stereocenters. The van der Waals surface area contributed by atoms with E-state index in [0.717, 1.165) is 19.3 Å². The van der Waals surface area contributed by atoms with Crippen LogP contribution < -0.4 is 0 Å². The van der Waals surface area contributed by atoms with Crippen molar-refractivity contribution in [2.24, 2.45) is 5.92 Å². The molecule has 3 heteroatoms. The topological polar surface area (TPSA) is 0 Å². The van der Waals surface area contributed by atoms with E-state index in [1.165, 1.54) is 11.1 Å². The van der Waals surface area contributed by atoms with Gasteiger partial charge in [0.2, 0.25) is 0 Å². The first-order valence-electron chi connectivity index (χ1n) is 6.91. The third kappa shape index (κ3) is 3.40. The van der Waals surface area contributed by atoms with Crippen LogP contribution in [-0.4, -0.2) is 0 Å². The quantitative estimate of drug-likeness (QED) is 0.669. The molecule has 1 saturated carbocycles. The normalized spacial score (nSPS) is 23.2. The van der Waals surface area contributed by atoms with E-state index in [9.17, 15) is 13.2 Å². The van der Waals surface area contributed by atoms with E-state index >= 15 is 0 Å². The van der Waals surface area contributed by atoms with E-state index in [1.54, 1.807) is 0 Å². The first-order chi connectivity index (χ1) is 9.11. The Labute approximate surface area is 112 Å². The zero-order valence-electron chi connectivity index (χ0n) is 11.1. The summed E-state index contributed by atoms with van der Waals surface area (Å²) in [7, 11) is 0. The van der Waals surface area contributed by atoms with Gasteiger partial charge < -0.3 is 0 Å². The SMILES string of the molecule is CCc1ccc(C2CCC(C(F)=C(F)F)CC2)cc1. The van der Waals surface area contributed by atoms with Gasteiger partial charge in [-0.2, -0.15) is 8.78 Å². The van der Waals surface area contributed by atoms with E-state index in [2.05, 4.69) is 31.2 Å². The predicted molar refractivity (Wildman–Crippen MR) is 70.9 cm³/mol. The number of hydrogen-bond acceptors (Lipinski definition) is 0. The number of rotatable bonds is 3. The highest BCUT2D eigenvalue weighted by molar-refractivity contribution is 5.26. The van der Waals surface area contributed by atoms with Crippen LogP contribution in [0.4, 0.5) is 13.2 Å². The molecule has 104 valence electrons. The van der Waals surface area contributed by atoms with Gasteiger partial charge in [0.1, 0.15) is 0 Å². The summed E-state index contributed by atoms with van der Waals surface area (Å²) in [6.45, 7) is 2.11. The molecule has 19 heavy (non-hydrogen) atoms. The number of halogens is 3. The summed E-state index contributed by atoms with van der Waals surface area (Å²) in [5.74, 6) is -1.38. The summed E-state index contributed by atoms with van der Waals surface area (Å²) >= 11 is 0. The zero-order valence-corrected chi connectivity index (χ0v) is 11.1. The Hall–Kier alpha value is -1.25. The molecule has 1 aliphatic rings. The molecule has 1 fully saturated rings. The Balaban J connectivity index is 1.97. The van der Waals surface area contributed by atoms with Crippen LogP contribution in [-0.2, 0) is 6.42 Å². The fourth-order valence-corrected chi connectivity index (χ4v) is 2.86. The molecule has 1 aromatic carbocycles. The highest BCUT2D eigenvalue weighted by Crippen LogP contribution is 2.40. The summed E-state index contributed by atoms with van der Waals surface area (Å²) in [4.78, 5) is 0. The van der Waals surface area contributed by atoms with E-state index in [-0.39, 0.29) is 0 Å². The molecule has 0 bridgehead atoms. The number of allylic oxidation sites excluding steroid dienone is 1. The summed E-state index contributed by atoms with van der Waals surface area (Å²) in [5, 5.41) is 0. The van der Waals surface area contributed by atoms with Crippen LogP contribution in [0.1, 0.15) is 49.7 Å². The van der Waals surface area contributed by atoms with Crippen molar-refractivity contribution in [2.75, 3.05) is 0 Å². The molecule has 0 saturated heterocycles. The molecule has 1 aliphatic carbocycles. The molecule has 0 unspecified atom stereocenters. The van der Waals surface area contributed by atoms with Gasteiger partial charge >= 0.3 is 6.08 Å². The molecule has 1 aromatic rings. The monoisotopic (exact) mass is 268 g/mol. The number of aryl methyl sites for hydroxylation is 1. The average Bonchev–Trinajstić information content (AvgIpc) is 2.46. The lowest BCUT2D eigenvalue weighted by Crippen LogP contribution is -2.14. The number of benzene rings is 1. The second kappa shape index (κ2) is 6.27. The highest BCUT2D eigenvalue weighted by atomic mass is 19.3. The molecule has 0 radical (unpaired) electrons. The van der Waals surface area contributed by atoms with Crippen molar-refractivity contribution in [3.63, 3.8) is 0 Å². The third-order valence-corrected chi connectivity index (χ3v) is 4.13. The Morgan fingerprint density at radius 3 is 2.05 bits per heavy atom. The van der Waals surface area contributed by atoms with Crippen molar-refractivity contribution in [1.82, 2.24) is 0 Å². The van der Waals surface area contributed by atoms with Crippen LogP contribution in [0.15, 0.2) is 36.2 Å². The van der Waals surface area contributed by atoms with Crippen LogP contribution >= 0.6 is 0 Å². The standard InChI is InChI=1S/C16H19F3/c1-2-11-3-5-12(6-4-11)13-7-9-14(10-8-13)15(17)16(18)19/h3-6,13-14H,2,7-10H2,1H3. The maximum absolute atomic E-state index is 13.2. The van der Waals surface area contributed by atoms with Gasteiger partial charge in [-0.25, -0.2) is 4.39 Å². The van der Waals surface area contributed by atoms with E-state index in [1.807, 2.05) is 0 Å². The van der Waals surface area contributed by atoms with Crippen molar-refractivity contribution in [3.05, 3.63) is 47.3 Å². The molecule has 0 N–H and O–H groups in total. The van der Waals surface area contributed by atoms with Gasteiger partial charge in [0.05, 0.1) is 0 Å². The van der Waals surface area contributed by atoms with Crippen LogP contribution in [0, 0.1) is 5.92 Å². The minimum absolute atomic E-state index is 0.387. The van der Waals surface area contributed by atoms with Gasteiger partial charge in [-0.3, -0.25) is 0 Å². The van der Waals surface area contributed by atoms with Crippen LogP contribution in [0.25, 0.3) is 0 Å². The molecular weight excluding hydrogens is 249 g/mol. The maximum atomic E-state index is 13.2. The van der Waals surface area contributed by atoms with Crippen molar-refractivity contribution in [3.8, 4) is 0 Å². The van der Waals surface area contributed by atoms with E-state index in [4.69, 9.17) is 0 Å². The van der Waals surface area contributed by atoms with Gasteiger partial charge in [-0.15, -0.1) is 0 Å². The molecule has 0 heterocycles. The smallest absolute Gasteiger partial charge is 0.206 e. The zero-order chi connectivity index (χ0) is 13.8. The van der Waals surface area contributed by atoms with Crippen LogP contribution in [0.2, 0.25) is 0 Å². The van der Waals surface area contributed by atoms with Gasteiger partial charge in [0.25, 0.3) is 0 Å². The van der Waals surface area contributed by atoms with Gasteiger partial charge in [0.15, 0.2) is 5.83 Å². The molecule has 0 nitrogen and oxygen atoms in total. The molecular formula is C16H19F3. The lowest BCUT2D eigenvalue weighted by atomic mass is 9.78. The molecule has 0 aromatic heterocycles. The first kappa shape index (κ1) is 14.2. The van der Waals surface area contributed by atoms with Gasteiger partial charge in [-0.1, -0.05) is 31.2 Å². The molecule has 2 rings (SSSR count). The molecule has 0 amide bonds. The van der Waals surface area contributed by atoms with Crippen molar-refractivity contribution >= 4 is 0 Å². The Kier molecular flexibility index (Phi) is 4.67. The van der Waals surface area contributed by atoms with Crippen molar-refractivity contribution < 1.29 is 13.2 Å². The van der Waals surface area contributed by atoms with E-state index in [0.29, 0.717) is 18.8 Å². The van der Waals surface area contributed by atoms with Gasteiger partial charge in [-0.05, 0) is 49.1 Å². The van der Waals surface area contributed by atoms with Gasteiger partial charge in [0, 0.05) is 5.92 Å². The minimum atomic E-state index is -2.14. The fourth-order valence-electron chi connectivity index (χ4n) is 2.86. The van der Waals surface area contributed by atoms with Crippen molar-refractivity contribution in [1.29, 1.82) is 0 Å². The number of hydrogen-bond donors (Lipinski definition) is 0. The summed E-state index contributed by atoms with van der Waals surface area (Å²) in [6.07, 6.45) is 1.48.